The van der Waals surface area contributed by atoms with Gasteiger partial charge in [-0.15, -0.1) is 0 Å². The zero-order valence-corrected chi connectivity index (χ0v) is 12.3. The first-order chi connectivity index (χ1) is 9.71. The first-order valence-electron chi connectivity index (χ1n) is 6.78. The molecule has 0 saturated carbocycles. The molecule has 2 N–H and O–H groups in total. The number of rotatable bonds is 4. The summed E-state index contributed by atoms with van der Waals surface area (Å²) in [5.41, 5.74) is 4.62. The smallest absolute Gasteiger partial charge is 0.118 e. The van der Waals surface area contributed by atoms with Gasteiger partial charge in [0.25, 0.3) is 0 Å². The van der Waals surface area contributed by atoms with Crippen molar-refractivity contribution in [1.82, 2.24) is 5.48 Å². The van der Waals surface area contributed by atoms with Crippen LogP contribution in [0.2, 0.25) is 0 Å². The lowest BCUT2D eigenvalue weighted by Crippen LogP contribution is -2.12. The van der Waals surface area contributed by atoms with E-state index in [1.165, 1.54) is 5.56 Å². The molecule has 20 heavy (non-hydrogen) atoms. The first kappa shape index (κ1) is 16.2. The van der Waals surface area contributed by atoms with Crippen LogP contribution < -0.4 is 10.2 Å². The fraction of sp³-hybridized carbons (Fsp3) is 0.294. The quantitative estimate of drug-likeness (QED) is 0.828. The van der Waals surface area contributed by atoms with Crippen LogP contribution in [-0.4, -0.2) is 12.3 Å². The molecule has 1 atom stereocenters. The van der Waals surface area contributed by atoms with Crippen LogP contribution in [0.25, 0.3) is 0 Å². The molecular formula is C17H23NO2. The molecule has 0 aliphatic carbocycles. The minimum absolute atomic E-state index is 0.0150. The summed E-state index contributed by atoms with van der Waals surface area (Å²) in [6.07, 6.45) is 1.09. The number of aryl methyl sites for hydroxylation is 1. The maximum absolute atomic E-state index is 8.54. The predicted octanol–water partition coefficient (Wildman–Crippen LogP) is 3.98. The van der Waals surface area contributed by atoms with Gasteiger partial charge in [-0.25, -0.2) is 0 Å². The Labute approximate surface area is 121 Å². The van der Waals surface area contributed by atoms with Gasteiger partial charge in [0, 0.05) is 0 Å². The summed E-state index contributed by atoms with van der Waals surface area (Å²) >= 11 is 0. The third kappa shape index (κ3) is 5.43. The molecule has 0 fully saturated rings. The molecule has 0 spiro atoms. The van der Waals surface area contributed by atoms with Crippen LogP contribution in [0.15, 0.2) is 54.6 Å². The zero-order valence-electron chi connectivity index (χ0n) is 12.3. The van der Waals surface area contributed by atoms with Gasteiger partial charge >= 0.3 is 0 Å². The SMILES string of the molecule is CCc1ccc(OC)cc1.C[C@@H](NO)c1ccccc1. The number of hydroxylamine groups is 1. The summed E-state index contributed by atoms with van der Waals surface area (Å²) < 4.78 is 5.01. The second kappa shape index (κ2) is 9.13. The highest BCUT2D eigenvalue weighted by Crippen LogP contribution is 2.11. The Morgan fingerprint density at radius 3 is 2.10 bits per heavy atom. The van der Waals surface area contributed by atoms with Gasteiger partial charge in [0.1, 0.15) is 5.75 Å². The third-order valence-corrected chi connectivity index (χ3v) is 3.06. The fourth-order valence-electron chi connectivity index (χ4n) is 1.68. The van der Waals surface area contributed by atoms with Crippen LogP contribution in [0.1, 0.15) is 31.0 Å². The normalized spacial score (nSPS) is 11.2. The minimum Gasteiger partial charge on any atom is -0.497 e. The number of nitrogens with one attached hydrogen (secondary N) is 1. The summed E-state index contributed by atoms with van der Waals surface area (Å²) in [4.78, 5) is 0. The van der Waals surface area contributed by atoms with Crippen molar-refractivity contribution in [2.24, 2.45) is 0 Å². The van der Waals surface area contributed by atoms with E-state index in [0.717, 1.165) is 17.7 Å². The van der Waals surface area contributed by atoms with Crippen molar-refractivity contribution < 1.29 is 9.94 Å². The van der Waals surface area contributed by atoms with Gasteiger partial charge in [0.2, 0.25) is 0 Å². The summed E-state index contributed by atoms with van der Waals surface area (Å²) in [5.74, 6) is 0.928. The van der Waals surface area contributed by atoms with Crippen molar-refractivity contribution >= 4 is 0 Å². The van der Waals surface area contributed by atoms with Crippen LogP contribution in [0.4, 0.5) is 0 Å². The molecule has 0 unspecified atom stereocenters. The summed E-state index contributed by atoms with van der Waals surface area (Å²) in [7, 11) is 1.68. The van der Waals surface area contributed by atoms with Gasteiger partial charge in [0.05, 0.1) is 13.2 Å². The van der Waals surface area contributed by atoms with Crippen LogP contribution in [0.3, 0.4) is 0 Å². The van der Waals surface area contributed by atoms with Gasteiger partial charge in [-0.2, -0.15) is 5.48 Å². The van der Waals surface area contributed by atoms with E-state index in [0.29, 0.717) is 0 Å². The van der Waals surface area contributed by atoms with Crippen LogP contribution in [0.5, 0.6) is 5.75 Å². The number of hydrogen-bond donors (Lipinski definition) is 2. The Morgan fingerprint density at radius 2 is 1.65 bits per heavy atom. The minimum atomic E-state index is 0.0150. The molecule has 0 aromatic heterocycles. The highest BCUT2D eigenvalue weighted by atomic mass is 16.5. The highest BCUT2D eigenvalue weighted by Gasteiger charge is 1.99. The predicted molar refractivity (Wildman–Crippen MR) is 82.2 cm³/mol. The molecule has 0 aliphatic rings. The molecule has 0 saturated heterocycles. The Bertz CT molecular complexity index is 445. The Morgan fingerprint density at radius 1 is 1.05 bits per heavy atom. The first-order valence-corrected chi connectivity index (χ1v) is 6.78. The molecule has 2 aromatic carbocycles. The van der Waals surface area contributed by atoms with Crippen LogP contribution >= 0.6 is 0 Å². The molecule has 108 valence electrons. The molecule has 3 nitrogen and oxygen atoms in total. The van der Waals surface area contributed by atoms with E-state index in [4.69, 9.17) is 9.94 Å². The molecule has 0 aliphatic heterocycles. The Hall–Kier alpha value is -1.84. The van der Waals surface area contributed by atoms with Crippen molar-refractivity contribution in [1.29, 1.82) is 0 Å². The number of methoxy groups -OCH3 is 1. The molecule has 0 amide bonds. The lowest BCUT2D eigenvalue weighted by Gasteiger charge is -2.07. The topological polar surface area (TPSA) is 41.5 Å². The monoisotopic (exact) mass is 273 g/mol. The summed E-state index contributed by atoms with van der Waals surface area (Å²) in [5, 5.41) is 8.54. The second-order valence-corrected chi connectivity index (χ2v) is 4.46. The van der Waals surface area contributed by atoms with E-state index in [9.17, 15) is 0 Å². The third-order valence-electron chi connectivity index (χ3n) is 3.06. The van der Waals surface area contributed by atoms with Gasteiger partial charge in [-0.1, -0.05) is 49.4 Å². The number of ether oxygens (including phenoxy) is 1. The van der Waals surface area contributed by atoms with E-state index >= 15 is 0 Å². The van der Waals surface area contributed by atoms with E-state index in [2.05, 4.69) is 24.5 Å². The molecule has 2 rings (SSSR count). The molecule has 0 heterocycles. The number of benzene rings is 2. The molecule has 2 aromatic rings. The van der Waals surface area contributed by atoms with E-state index in [-0.39, 0.29) is 6.04 Å². The number of hydrogen-bond acceptors (Lipinski definition) is 3. The van der Waals surface area contributed by atoms with E-state index < -0.39 is 0 Å². The van der Waals surface area contributed by atoms with Gasteiger partial charge < -0.3 is 9.94 Å². The van der Waals surface area contributed by atoms with Crippen LogP contribution in [-0.2, 0) is 6.42 Å². The van der Waals surface area contributed by atoms with Crippen molar-refractivity contribution in [3.8, 4) is 5.75 Å². The van der Waals surface area contributed by atoms with Crippen LogP contribution in [0, 0.1) is 0 Å². The zero-order chi connectivity index (χ0) is 14.8. The lowest BCUT2D eigenvalue weighted by atomic mass is 10.1. The summed E-state index contributed by atoms with van der Waals surface area (Å²) in [6, 6.07) is 17.9. The van der Waals surface area contributed by atoms with Gasteiger partial charge in [-0.3, -0.25) is 0 Å². The van der Waals surface area contributed by atoms with Crippen molar-refractivity contribution in [3.63, 3.8) is 0 Å². The van der Waals surface area contributed by atoms with Crippen molar-refractivity contribution in [2.75, 3.05) is 7.11 Å². The van der Waals surface area contributed by atoms with Crippen molar-refractivity contribution in [2.45, 2.75) is 26.3 Å². The molecule has 0 radical (unpaired) electrons. The van der Waals surface area contributed by atoms with E-state index in [1.807, 2.05) is 49.4 Å². The fourth-order valence-corrected chi connectivity index (χ4v) is 1.68. The van der Waals surface area contributed by atoms with Crippen molar-refractivity contribution in [3.05, 3.63) is 65.7 Å². The molecular weight excluding hydrogens is 250 g/mol. The highest BCUT2D eigenvalue weighted by molar-refractivity contribution is 5.26. The van der Waals surface area contributed by atoms with E-state index in [1.54, 1.807) is 7.11 Å². The maximum Gasteiger partial charge on any atom is 0.118 e. The largest absolute Gasteiger partial charge is 0.497 e. The Kier molecular flexibility index (Phi) is 7.40. The maximum atomic E-state index is 8.54. The Balaban J connectivity index is 0.000000200. The summed E-state index contributed by atoms with van der Waals surface area (Å²) in [6.45, 7) is 4.04. The van der Waals surface area contributed by atoms with Gasteiger partial charge in [-0.05, 0) is 36.6 Å². The van der Waals surface area contributed by atoms with Gasteiger partial charge in [0.15, 0.2) is 0 Å². The molecule has 0 bridgehead atoms. The lowest BCUT2D eigenvalue weighted by molar-refractivity contribution is 0.133. The standard InChI is InChI=1S/C9H12O.C8H11NO/c1-3-8-4-6-9(10-2)7-5-8;1-7(9-10)8-5-3-2-4-6-8/h4-7H,3H2,1-2H3;2-7,9-10H,1H3/t;7-/m.1/s1. The molecule has 3 heteroatoms. The average Bonchev–Trinajstić information content (AvgIpc) is 2.55. The second-order valence-electron chi connectivity index (χ2n) is 4.46. The average molecular weight is 273 g/mol.